The molecule has 2 atom stereocenters. The van der Waals surface area contributed by atoms with E-state index in [0.29, 0.717) is 12.0 Å². The van der Waals surface area contributed by atoms with E-state index in [2.05, 4.69) is 45.3 Å². The number of halogens is 2. The van der Waals surface area contributed by atoms with E-state index in [1.807, 2.05) is 6.07 Å². The van der Waals surface area contributed by atoms with E-state index in [1.54, 1.807) is 0 Å². The Kier molecular flexibility index (Phi) is 5.26. The molecule has 4 heteroatoms. The Hall–Kier alpha value is -0.0900. The fraction of sp³-hybridized carbons (Fsp3) is 0.647. The van der Waals surface area contributed by atoms with Gasteiger partial charge >= 0.3 is 0 Å². The number of benzene rings is 1. The predicted octanol–water partition coefficient (Wildman–Crippen LogP) is 4.63. The Bertz CT molecular complexity index is 490. The minimum atomic E-state index is 0.466. The summed E-state index contributed by atoms with van der Waals surface area (Å²) in [6.45, 7) is 2.29. The Labute approximate surface area is 141 Å². The fourth-order valence-corrected chi connectivity index (χ4v) is 4.52. The van der Waals surface area contributed by atoms with Gasteiger partial charge in [0.05, 0.1) is 0 Å². The summed E-state index contributed by atoms with van der Waals surface area (Å²) in [4.78, 5) is 2.74. The van der Waals surface area contributed by atoms with Crippen molar-refractivity contribution in [2.24, 2.45) is 5.92 Å². The maximum atomic E-state index is 6.59. The van der Waals surface area contributed by atoms with E-state index >= 15 is 0 Å². The molecule has 1 aromatic rings. The van der Waals surface area contributed by atoms with Crippen molar-refractivity contribution >= 4 is 27.5 Å². The van der Waals surface area contributed by atoms with Crippen molar-refractivity contribution in [3.05, 3.63) is 33.3 Å². The van der Waals surface area contributed by atoms with Gasteiger partial charge in [-0.3, -0.25) is 4.90 Å². The van der Waals surface area contributed by atoms with Gasteiger partial charge < -0.3 is 5.32 Å². The zero-order chi connectivity index (χ0) is 14.8. The lowest BCUT2D eigenvalue weighted by Crippen LogP contribution is -2.38. The van der Waals surface area contributed by atoms with Crippen molar-refractivity contribution in [2.45, 2.75) is 44.2 Å². The quantitative estimate of drug-likeness (QED) is 0.830. The molecule has 1 aromatic carbocycles. The van der Waals surface area contributed by atoms with Gasteiger partial charge in [0.1, 0.15) is 0 Å². The Morgan fingerprint density at radius 3 is 2.76 bits per heavy atom. The van der Waals surface area contributed by atoms with Gasteiger partial charge in [-0.2, -0.15) is 0 Å². The molecule has 1 saturated carbocycles. The number of hydrogen-bond acceptors (Lipinski definition) is 2. The highest BCUT2D eigenvalue weighted by molar-refractivity contribution is 9.10. The SMILES string of the molecule is CNCC1CCCCN(C2CC2)C1c1ccc(Br)cc1Cl. The van der Waals surface area contributed by atoms with Crippen LogP contribution in [0.1, 0.15) is 43.7 Å². The first kappa shape index (κ1) is 15.8. The summed E-state index contributed by atoms with van der Waals surface area (Å²) in [5.41, 5.74) is 1.31. The van der Waals surface area contributed by atoms with Crippen molar-refractivity contribution in [3.63, 3.8) is 0 Å². The van der Waals surface area contributed by atoms with E-state index in [-0.39, 0.29) is 0 Å². The zero-order valence-electron chi connectivity index (χ0n) is 12.6. The topological polar surface area (TPSA) is 15.3 Å². The van der Waals surface area contributed by atoms with Crippen LogP contribution >= 0.6 is 27.5 Å². The van der Waals surface area contributed by atoms with Crippen molar-refractivity contribution in [1.29, 1.82) is 0 Å². The molecule has 0 aromatic heterocycles. The first-order valence-electron chi connectivity index (χ1n) is 8.06. The van der Waals surface area contributed by atoms with E-state index in [1.165, 1.54) is 44.2 Å². The van der Waals surface area contributed by atoms with Crippen LogP contribution in [0.3, 0.4) is 0 Å². The van der Waals surface area contributed by atoms with Crippen molar-refractivity contribution in [2.75, 3.05) is 20.1 Å². The maximum absolute atomic E-state index is 6.59. The third-order valence-electron chi connectivity index (χ3n) is 4.81. The molecule has 0 radical (unpaired) electrons. The van der Waals surface area contributed by atoms with Gasteiger partial charge in [-0.05, 0) is 69.4 Å². The van der Waals surface area contributed by atoms with Crippen LogP contribution in [0.4, 0.5) is 0 Å². The summed E-state index contributed by atoms with van der Waals surface area (Å²) >= 11 is 10.1. The molecule has 2 nitrogen and oxygen atoms in total. The molecule has 1 heterocycles. The highest BCUT2D eigenvalue weighted by atomic mass is 79.9. The molecule has 1 aliphatic carbocycles. The second-order valence-electron chi connectivity index (χ2n) is 6.39. The van der Waals surface area contributed by atoms with Crippen LogP contribution in [0.2, 0.25) is 5.02 Å². The van der Waals surface area contributed by atoms with Gasteiger partial charge in [0.15, 0.2) is 0 Å². The molecule has 3 rings (SSSR count). The Morgan fingerprint density at radius 2 is 2.10 bits per heavy atom. The monoisotopic (exact) mass is 370 g/mol. The van der Waals surface area contributed by atoms with Crippen LogP contribution in [0.25, 0.3) is 0 Å². The van der Waals surface area contributed by atoms with Crippen LogP contribution < -0.4 is 5.32 Å². The second kappa shape index (κ2) is 6.99. The largest absolute Gasteiger partial charge is 0.319 e. The molecule has 0 amide bonds. The van der Waals surface area contributed by atoms with E-state index < -0.39 is 0 Å². The van der Waals surface area contributed by atoms with E-state index in [9.17, 15) is 0 Å². The zero-order valence-corrected chi connectivity index (χ0v) is 15.0. The van der Waals surface area contributed by atoms with Gasteiger partial charge in [-0.1, -0.05) is 40.0 Å². The molecule has 2 fully saturated rings. The van der Waals surface area contributed by atoms with Crippen LogP contribution in [0.5, 0.6) is 0 Å². The predicted molar refractivity (Wildman–Crippen MR) is 92.9 cm³/mol. The normalized spacial score (nSPS) is 27.6. The molecule has 21 heavy (non-hydrogen) atoms. The third kappa shape index (κ3) is 3.64. The number of likely N-dealkylation sites (tertiary alicyclic amines) is 1. The Morgan fingerprint density at radius 1 is 1.29 bits per heavy atom. The molecule has 116 valence electrons. The summed E-state index contributed by atoms with van der Waals surface area (Å²) in [7, 11) is 2.06. The molecule has 2 unspecified atom stereocenters. The molecular formula is C17H24BrClN2. The van der Waals surface area contributed by atoms with Gasteiger partial charge in [0.2, 0.25) is 0 Å². The maximum Gasteiger partial charge on any atom is 0.0465 e. The molecule has 0 bridgehead atoms. The average Bonchev–Trinajstić information content (AvgIpc) is 3.26. The summed E-state index contributed by atoms with van der Waals surface area (Å²) < 4.78 is 1.06. The van der Waals surface area contributed by atoms with E-state index in [4.69, 9.17) is 11.6 Å². The third-order valence-corrected chi connectivity index (χ3v) is 5.63. The van der Waals surface area contributed by atoms with Gasteiger partial charge in [-0.15, -0.1) is 0 Å². The smallest absolute Gasteiger partial charge is 0.0465 e. The lowest BCUT2D eigenvalue weighted by Gasteiger charge is -2.36. The summed E-state index contributed by atoms with van der Waals surface area (Å²) in [6.07, 6.45) is 6.66. The summed E-state index contributed by atoms with van der Waals surface area (Å²) in [5.74, 6) is 0.650. The number of nitrogens with zero attached hydrogens (tertiary/aromatic N) is 1. The van der Waals surface area contributed by atoms with Crippen LogP contribution in [-0.4, -0.2) is 31.1 Å². The molecule has 0 spiro atoms. The standard InChI is InChI=1S/C17H24BrClN2/c1-20-11-12-4-2-3-9-21(14-6-7-14)17(12)15-8-5-13(18)10-16(15)19/h5,8,10,12,14,17,20H,2-4,6-7,9,11H2,1H3. The second-order valence-corrected chi connectivity index (χ2v) is 7.72. The Balaban J connectivity index is 1.96. The van der Waals surface area contributed by atoms with Gasteiger partial charge in [0, 0.05) is 21.6 Å². The lowest BCUT2D eigenvalue weighted by atomic mass is 9.89. The summed E-state index contributed by atoms with van der Waals surface area (Å²) in [6, 6.07) is 7.65. The molecule has 1 aliphatic heterocycles. The minimum Gasteiger partial charge on any atom is -0.319 e. The van der Waals surface area contributed by atoms with Crippen molar-refractivity contribution in [1.82, 2.24) is 10.2 Å². The molecule has 1 saturated heterocycles. The van der Waals surface area contributed by atoms with Crippen molar-refractivity contribution < 1.29 is 0 Å². The first-order chi connectivity index (χ1) is 10.2. The van der Waals surface area contributed by atoms with Gasteiger partial charge in [0.25, 0.3) is 0 Å². The first-order valence-corrected chi connectivity index (χ1v) is 9.23. The minimum absolute atomic E-state index is 0.466. The molecule has 2 aliphatic rings. The molecule has 1 N–H and O–H groups in total. The van der Waals surface area contributed by atoms with E-state index in [0.717, 1.165) is 22.1 Å². The summed E-state index contributed by atoms with van der Waals surface area (Å²) in [5, 5.41) is 4.30. The van der Waals surface area contributed by atoms with Crippen LogP contribution in [0, 0.1) is 5.92 Å². The number of hydrogen-bond donors (Lipinski definition) is 1. The molecular weight excluding hydrogens is 348 g/mol. The lowest BCUT2D eigenvalue weighted by molar-refractivity contribution is 0.145. The highest BCUT2D eigenvalue weighted by Crippen LogP contribution is 2.44. The number of rotatable bonds is 4. The van der Waals surface area contributed by atoms with Crippen LogP contribution in [0.15, 0.2) is 22.7 Å². The van der Waals surface area contributed by atoms with Gasteiger partial charge in [-0.25, -0.2) is 0 Å². The highest BCUT2D eigenvalue weighted by Gasteiger charge is 2.39. The number of nitrogens with one attached hydrogen (secondary N) is 1. The fourth-order valence-electron chi connectivity index (χ4n) is 3.73. The average molecular weight is 372 g/mol. The van der Waals surface area contributed by atoms with Crippen molar-refractivity contribution in [3.8, 4) is 0 Å². The van der Waals surface area contributed by atoms with Crippen LogP contribution in [-0.2, 0) is 0 Å².